The fraction of sp³-hybridized carbons (Fsp3) is 0.0769. The van der Waals surface area contributed by atoms with Crippen LogP contribution in [0.3, 0.4) is 0 Å². The molecule has 4 aromatic rings. The Morgan fingerprint density at radius 3 is 1.31 bits per heavy atom. The zero-order valence-corrected chi connectivity index (χ0v) is 17.2. The Kier molecular flexibility index (Phi) is 7.07. The Balaban J connectivity index is 1.26. The number of hydrogen-bond acceptors (Lipinski definition) is 4. The Morgan fingerprint density at radius 2 is 0.938 bits per heavy atom. The van der Waals surface area contributed by atoms with E-state index in [0.717, 1.165) is 11.1 Å². The molecule has 0 fully saturated rings. The number of hydrazine groups is 1. The van der Waals surface area contributed by atoms with Crippen LogP contribution in [0.25, 0.3) is 0 Å². The highest BCUT2D eigenvalue weighted by atomic mass is 19.1. The van der Waals surface area contributed by atoms with Gasteiger partial charge in [-0.2, -0.15) is 0 Å². The van der Waals surface area contributed by atoms with Crippen molar-refractivity contribution in [3.05, 3.63) is 120 Å². The number of ether oxygens (including phenoxy) is 2. The third kappa shape index (κ3) is 5.91. The summed E-state index contributed by atoms with van der Waals surface area (Å²) < 4.78 is 39.7. The molecule has 0 aliphatic carbocycles. The second-order valence-electron chi connectivity index (χ2n) is 7.07. The van der Waals surface area contributed by atoms with Gasteiger partial charge >= 0.3 is 0 Å². The number of hydrogen-bond donors (Lipinski definition) is 2. The van der Waals surface area contributed by atoms with Gasteiger partial charge in [-0.1, -0.05) is 48.5 Å². The quantitative estimate of drug-likeness (QED) is 0.239. The van der Waals surface area contributed by atoms with Crippen LogP contribution in [0, 0.1) is 11.6 Å². The van der Waals surface area contributed by atoms with Crippen LogP contribution >= 0.6 is 0 Å². The van der Waals surface area contributed by atoms with Crippen molar-refractivity contribution in [1.29, 1.82) is 0 Å². The molecule has 6 heteroatoms. The molecule has 2 N–H and O–H groups in total. The van der Waals surface area contributed by atoms with E-state index in [0.29, 0.717) is 24.6 Å². The van der Waals surface area contributed by atoms with E-state index in [-0.39, 0.29) is 11.5 Å². The molecular formula is C26H22F2N2O2. The average Bonchev–Trinajstić information content (AvgIpc) is 2.81. The first-order chi connectivity index (χ1) is 15.7. The minimum Gasteiger partial charge on any atom is -0.454 e. The minimum atomic E-state index is -0.441. The first kappa shape index (κ1) is 21.5. The van der Waals surface area contributed by atoms with Gasteiger partial charge in [0.1, 0.15) is 11.5 Å². The molecule has 4 nitrogen and oxygen atoms in total. The summed E-state index contributed by atoms with van der Waals surface area (Å²) in [5, 5.41) is 0. The highest BCUT2D eigenvalue weighted by Gasteiger charge is 2.08. The number of halogens is 2. The van der Waals surface area contributed by atoms with Crippen LogP contribution in [0.1, 0.15) is 11.1 Å². The maximum Gasteiger partial charge on any atom is 0.166 e. The van der Waals surface area contributed by atoms with E-state index in [2.05, 4.69) is 10.9 Å². The van der Waals surface area contributed by atoms with Crippen LogP contribution in [0.2, 0.25) is 0 Å². The summed E-state index contributed by atoms with van der Waals surface area (Å²) in [5.74, 6) is 0.605. The number of para-hydroxylation sites is 2. The molecule has 0 radical (unpaired) electrons. The third-order valence-electron chi connectivity index (χ3n) is 4.64. The van der Waals surface area contributed by atoms with Gasteiger partial charge in [0.25, 0.3) is 0 Å². The van der Waals surface area contributed by atoms with Crippen molar-refractivity contribution in [2.24, 2.45) is 0 Å². The van der Waals surface area contributed by atoms with Gasteiger partial charge in [0, 0.05) is 13.1 Å². The third-order valence-corrected chi connectivity index (χ3v) is 4.64. The van der Waals surface area contributed by atoms with Crippen LogP contribution in [-0.4, -0.2) is 0 Å². The molecule has 0 unspecified atom stereocenters. The summed E-state index contributed by atoms with van der Waals surface area (Å²) >= 11 is 0. The smallest absolute Gasteiger partial charge is 0.166 e. The highest BCUT2D eigenvalue weighted by Crippen LogP contribution is 2.26. The van der Waals surface area contributed by atoms with Gasteiger partial charge in [-0.05, 0) is 59.7 Å². The van der Waals surface area contributed by atoms with Crippen molar-refractivity contribution in [1.82, 2.24) is 10.9 Å². The second-order valence-corrected chi connectivity index (χ2v) is 7.07. The molecule has 4 aromatic carbocycles. The van der Waals surface area contributed by atoms with E-state index >= 15 is 0 Å². The second kappa shape index (κ2) is 10.5. The fourth-order valence-corrected chi connectivity index (χ4v) is 3.03. The first-order valence-corrected chi connectivity index (χ1v) is 10.2. The zero-order chi connectivity index (χ0) is 22.2. The average molecular weight is 432 g/mol. The van der Waals surface area contributed by atoms with Gasteiger partial charge in [0.2, 0.25) is 0 Å². The molecule has 0 amide bonds. The van der Waals surface area contributed by atoms with Gasteiger partial charge in [0.15, 0.2) is 23.1 Å². The lowest BCUT2D eigenvalue weighted by molar-refractivity contribution is 0.439. The first-order valence-electron chi connectivity index (χ1n) is 10.2. The molecule has 162 valence electrons. The lowest BCUT2D eigenvalue weighted by Crippen LogP contribution is -2.30. The van der Waals surface area contributed by atoms with Gasteiger partial charge < -0.3 is 9.47 Å². The largest absolute Gasteiger partial charge is 0.454 e. The normalized spacial score (nSPS) is 10.7. The Morgan fingerprint density at radius 1 is 0.531 bits per heavy atom. The number of nitrogens with one attached hydrogen (secondary N) is 2. The van der Waals surface area contributed by atoms with E-state index in [4.69, 9.17) is 9.47 Å². The van der Waals surface area contributed by atoms with E-state index in [1.165, 1.54) is 12.1 Å². The molecule has 0 spiro atoms. The van der Waals surface area contributed by atoms with Crippen molar-refractivity contribution in [3.63, 3.8) is 0 Å². The molecule has 0 aliphatic rings. The molecule has 32 heavy (non-hydrogen) atoms. The molecule has 0 heterocycles. The lowest BCUT2D eigenvalue weighted by atomic mass is 10.2. The molecule has 4 rings (SSSR count). The minimum absolute atomic E-state index is 0.168. The molecule has 0 saturated heterocycles. The fourth-order valence-electron chi connectivity index (χ4n) is 3.03. The van der Waals surface area contributed by atoms with Crippen molar-refractivity contribution in [2.45, 2.75) is 13.1 Å². The van der Waals surface area contributed by atoms with Crippen molar-refractivity contribution in [3.8, 4) is 23.0 Å². The topological polar surface area (TPSA) is 42.5 Å². The molecule has 0 aliphatic heterocycles. The summed E-state index contributed by atoms with van der Waals surface area (Å²) in [6.45, 7) is 0.778. The van der Waals surface area contributed by atoms with Gasteiger partial charge in [0.05, 0.1) is 0 Å². The van der Waals surface area contributed by atoms with E-state index < -0.39 is 11.6 Å². The summed E-state index contributed by atoms with van der Waals surface area (Å²) in [5.41, 5.74) is 7.51. The van der Waals surface area contributed by atoms with Crippen LogP contribution in [0.5, 0.6) is 23.0 Å². The number of benzene rings is 4. The molecule has 0 bridgehead atoms. The predicted molar refractivity (Wildman–Crippen MR) is 120 cm³/mol. The predicted octanol–water partition coefficient (Wildman–Crippen LogP) is 6.34. The summed E-state index contributed by atoms with van der Waals surface area (Å²) in [6, 6.07) is 27.7. The van der Waals surface area contributed by atoms with Gasteiger partial charge in [-0.3, -0.25) is 10.9 Å². The van der Waals surface area contributed by atoms with E-state index in [9.17, 15) is 8.78 Å². The van der Waals surface area contributed by atoms with E-state index in [1.807, 2.05) is 36.4 Å². The monoisotopic (exact) mass is 432 g/mol. The number of rotatable bonds is 9. The maximum absolute atomic E-state index is 14.3. The summed E-state index contributed by atoms with van der Waals surface area (Å²) in [6.07, 6.45) is 0. The van der Waals surface area contributed by atoms with Gasteiger partial charge in [-0.15, -0.1) is 0 Å². The molecular weight excluding hydrogens is 410 g/mol. The summed E-state index contributed by atoms with van der Waals surface area (Å²) in [7, 11) is 0. The molecule has 0 saturated carbocycles. The Labute approximate surface area is 185 Å². The van der Waals surface area contributed by atoms with Gasteiger partial charge in [-0.25, -0.2) is 8.78 Å². The SMILES string of the molecule is Fc1cc(CNNCc2ccc(Oc3ccccc3)c(F)c2)ccc1Oc1ccccc1. The zero-order valence-electron chi connectivity index (χ0n) is 17.2. The van der Waals surface area contributed by atoms with Crippen LogP contribution < -0.4 is 20.3 Å². The van der Waals surface area contributed by atoms with Crippen molar-refractivity contribution >= 4 is 0 Å². The van der Waals surface area contributed by atoms with Crippen LogP contribution in [0.4, 0.5) is 8.78 Å². The maximum atomic E-state index is 14.3. The van der Waals surface area contributed by atoms with E-state index in [1.54, 1.807) is 48.5 Å². The van der Waals surface area contributed by atoms with Crippen LogP contribution in [-0.2, 0) is 13.1 Å². The Bertz CT molecular complexity index is 1060. The van der Waals surface area contributed by atoms with Crippen molar-refractivity contribution < 1.29 is 18.3 Å². The highest BCUT2D eigenvalue weighted by molar-refractivity contribution is 5.35. The molecule has 0 atom stereocenters. The summed E-state index contributed by atoms with van der Waals surface area (Å²) in [4.78, 5) is 0. The van der Waals surface area contributed by atoms with Crippen LogP contribution in [0.15, 0.2) is 97.1 Å². The van der Waals surface area contributed by atoms with Crippen molar-refractivity contribution in [2.75, 3.05) is 0 Å². The lowest BCUT2D eigenvalue weighted by Gasteiger charge is -2.11. The Hall–Kier alpha value is -3.74. The molecule has 0 aromatic heterocycles. The standard InChI is InChI=1S/C26H22F2N2O2/c27-23-15-19(11-13-25(23)31-21-7-3-1-4-8-21)17-29-30-18-20-12-14-26(24(28)16-20)32-22-9-5-2-6-10-22/h1-16,29-30H,17-18H2.